The lowest BCUT2D eigenvalue weighted by molar-refractivity contribution is 0.168. The van der Waals surface area contributed by atoms with Crippen molar-refractivity contribution in [3.8, 4) is 0 Å². The summed E-state index contributed by atoms with van der Waals surface area (Å²) in [6.45, 7) is 9.90. The van der Waals surface area contributed by atoms with E-state index < -0.39 is 0 Å². The molecule has 0 spiro atoms. The summed E-state index contributed by atoms with van der Waals surface area (Å²) in [4.78, 5) is 2.44. The van der Waals surface area contributed by atoms with Crippen LogP contribution < -0.4 is 5.32 Å². The van der Waals surface area contributed by atoms with E-state index in [2.05, 4.69) is 57.1 Å². The van der Waals surface area contributed by atoms with E-state index in [4.69, 9.17) is 11.6 Å². The molecule has 0 fully saturated rings. The van der Waals surface area contributed by atoms with E-state index in [0.717, 1.165) is 11.6 Å². The highest BCUT2D eigenvalue weighted by Crippen LogP contribution is 2.28. The Balaban J connectivity index is 2.77. The molecule has 1 aromatic rings. The summed E-state index contributed by atoms with van der Waals surface area (Å²) in [5, 5.41) is 4.42. The molecule has 0 heterocycles. The van der Waals surface area contributed by atoms with Crippen LogP contribution >= 0.6 is 11.6 Å². The first kappa shape index (κ1) is 17.5. The van der Waals surface area contributed by atoms with Crippen molar-refractivity contribution in [1.29, 1.82) is 0 Å². The zero-order chi connectivity index (χ0) is 15.1. The van der Waals surface area contributed by atoms with Gasteiger partial charge in [0, 0.05) is 29.7 Å². The second kappa shape index (κ2) is 8.66. The highest BCUT2D eigenvalue weighted by molar-refractivity contribution is 6.31. The van der Waals surface area contributed by atoms with Crippen molar-refractivity contribution in [3.05, 3.63) is 34.9 Å². The maximum absolute atomic E-state index is 6.33. The van der Waals surface area contributed by atoms with Crippen molar-refractivity contribution in [2.75, 3.05) is 13.6 Å². The van der Waals surface area contributed by atoms with E-state index >= 15 is 0 Å². The van der Waals surface area contributed by atoms with Crippen LogP contribution in [-0.4, -0.2) is 30.6 Å². The molecule has 2 atom stereocenters. The SMILES string of the molecule is CCCC(CNC(C)C)N(C)C(C)c1ccccc1Cl. The minimum absolute atomic E-state index is 0.328. The van der Waals surface area contributed by atoms with E-state index in [-0.39, 0.29) is 0 Å². The van der Waals surface area contributed by atoms with Crippen LogP contribution in [0, 0.1) is 0 Å². The number of benzene rings is 1. The predicted octanol–water partition coefficient (Wildman–Crippen LogP) is 4.50. The Kier molecular flexibility index (Phi) is 7.57. The maximum atomic E-state index is 6.33. The number of nitrogens with one attached hydrogen (secondary N) is 1. The average Bonchev–Trinajstić information content (AvgIpc) is 2.42. The van der Waals surface area contributed by atoms with E-state index in [1.54, 1.807) is 0 Å². The highest BCUT2D eigenvalue weighted by atomic mass is 35.5. The first-order valence-electron chi connectivity index (χ1n) is 7.67. The monoisotopic (exact) mass is 296 g/mol. The van der Waals surface area contributed by atoms with Crippen LogP contribution in [0.2, 0.25) is 5.02 Å². The van der Waals surface area contributed by atoms with Crippen LogP contribution in [0.3, 0.4) is 0 Å². The molecule has 1 rings (SSSR count). The van der Waals surface area contributed by atoms with E-state index in [1.165, 1.54) is 18.4 Å². The Morgan fingerprint density at radius 3 is 2.40 bits per heavy atom. The van der Waals surface area contributed by atoms with E-state index in [9.17, 15) is 0 Å². The Hall–Kier alpha value is -0.570. The van der Waals surface area contributed by atoms with Crippen molar-refractivity contribution in [1.82, 2.24) is 10.2 Å². The van der Waals surface area contributed by atoms with Gasteiger partial charge in [0.2, 0.25) is 0 Å². The lowest BCUT2D eigenvalue weighted by atomic mass is 10.0. The second-order valence-corrected chi connectivity index (χ2v) is 6.28. The molecule has 0 bridgehead atoms. The zero-order valence-corrected chi connectivity index (χ0v) is 14.2. The van der Waals surface area contributed by atoms with Gasteiger partial charge in [-0.15, -0.1) is 0 Å². The van der Waals surface area contributed by atoms with Crippen LogP contribution in [0.1, 0.15) is 52.1 Å². The molecule has 3 heteroatoms. The summed E-state index contributed by atoms with van der Waals surface area (Å²) in [5.74, 6) is 0. The maximum Gasteiger partial charge on any atom is 0.0453 e. The minimum atomic E-state index is 0.328. The van der Waals surface area contributed by atoms with Gasteiger partial charge in [-0.3, -0.25) is 4.90 Å². The standard InChI is InChI=1S/C17H29ClN2/c1-6-9-15(12-19-13(2)3)20(5)14(4)16-10-7-8-11-17(16)18/h7-8,10-11,13-15,19H,6,9,12H2,1-5H3. The first-order valence-corrected chi connectivity index (χ1v) is 8.04. The number of hydrogen-bond acceptors (Lipinski definition) is 2. The lowest BCUT2D eigenvalue weighted by Gasteiger charge is -2.34. The normalized spacial score (nSPS) is 14.8. The van der Waals surface area contributed by atoms with Crippen molar-refractivity contribution in [3.63, 3.8) is 0 Å². The fourth-order valence-corrected chi connectivity index (χ4v) is 2.80. The van der Waals surface area contributed by atoms with Gasteiger partial charge in [-0.1, -0.05) is 57.0 Å². The summed E-state index contributed by atoms with van der Waals surface area (Å²) in [6, 6.07) is 9.54. The third-order valence-corrected chi connectivity index (χ3v) is 4.27. The van der Waals surface area contributed by atoms with Gasteiger partial charge >= 0.3 is 0 Å². The zero-order valence-electron chi connectivity index (χ0n) is 13.5. The molecule has 0 radical (unpaired) electrons. The van der Waals surface area contributed by atoms with Crippen LogP contribution in [0.15, 0.2) is 24.3 Å². The summed E-state index contributed by atoms with van der Waals surface area (Å²) in [5.41, 5.74) is 1.21. The fourth-order valence-electron chi connectivity index (χ4n) is 2.50. The van der Waals surface area contributed by atoms with Crippen LogP contribution in [0.25, 0.3) is 0 Å². The van der Waals surface area contributed by atoms with Gasteiger partial charge in [0.05, 0.1) is 0 Å². The van der Waals surface area contributed by atoms with E-state index in [1.807, 2.05) is 12.1 Å². The topological polar surface area (TPSA) is 15.3 Å². The molecule has 0 aliphatic rings. The molecule has 0 aliphatic carbocycles. The summed E-state index contributed by atoms with van der Waals surface area (Å²) < 4.78 is 0. The van der Waals surface area contributed by atoms with Crippen molar-refractivity contribution < 1.29 is 0 Å². The molecular weight excluding hydrogens is 268 g/mol. The summed E-state index contributed by atoms with van der Waals surface area (Å²) in [6.07, 6.45) is 2.40. The number of nitrogens with zero attached hydrogens (tertiary/aromatic N) is 1. The van der Waals surface area contributed by atoms with Gasteiger partial charge in [0.15, 0.2) is 0 Å². The van der Waals surface area contributed by atoms with E-state index in [0.29, 0.717) is 18.1 Å². The molecule has 0 saturated carbocycles. The van der Waals surface area contributed by atoms with Gasteiger partial charge in [-0.25, -0.2) is 0 Å². The van der Waals surface area contributed by atoms with Gasteiger partial charge in [0.25, 0.3) is 0 Å². The fraction of sp³-hybridized carbons (Fsp3) is 0.647. The molecule has 2 unspecified atom stereocenters. The molecule has 0 saturated heterocycles. The van der Waals surface area contributed by atoms with Crippen LogP contribution in [0.4, 0.5) is 0 Å². The average molecular weight is 297 g/mol. The lowest BCUT2D eigenvalue weighted by Crippen LogP contribution is -2.43. The molecule has 1 aromatic carbocycles. The molecule has 0 aliphatic heterocycles. The van der Waals surface area contributed by atoms with Crippen LogP contribution in [0.5, 0.6) is 0 Å². The minimum Gasteiger partial charge on any atom is -0.313 e. The van der Waals surface area contributed by atoms with Gasteiger partial charge < -0.3 is 5.32 Å². The molecule has 1 N–H and O–H groups in total. The van der Waals surface area contributed by atoms with Gasteiger partial charge in [-0.2, -0.15) is 0 Å². The Morgan fingerprint density at radius 1 is 1.20 bits per heavy atom. The first-order chi connectivity index (χ1) is 9.47. The molecular formula is C17H29ClN2. The predicted molar refractivity (Wildman–Crippen MR) is 89.5 cm³/mol. The molecule has 0 aromatic heterocycles. The third kappa shape index (κ3) is 5.08. The number of likely N-dealkylation sites (N-methyl/N-ethyl adjacent to an activating group) is 1. The molecule has 0 amide bonds. The number of halogens is 1. The molecule has 114 valence electrons. The Morgan fingerprint density at radius 2 is 1.85 bits per heavy atom. The summed E-state index contributed by atoms with van der Waals surface area (Å²) in [7, 11) is 2.20. The van der Waals surface area contributed by atoms with Crippen molar-refractivity contribution in [2.24, 2.45) is 0 Å². The summed E-state index contributed by atoms with van der Waals surface area (Å²) >= 11 is 6.33. The van der Waals surface area contributed by atoms with Crippen molar-refractivity contribution in [2.45, 2.75) is 58.7 Å². The van der Waals surface area contributed by atoms with Crippen molar-refractivity contribution >= 4 is 11.6 Å². The molecule has 2 nitrogen and oxygen atoms in total. The van der Waals surface area contributed by atoms with Crippen LogP contribution in [-0.2, 0) is 0 Å². The highest BCUT2D eigenvalue weighted by Gasteiger charge is 2.21. The largest absolute Gasteiger partial charge is 0.313 e. The smallest absolute Gasteiger partial charge is 0.0453 e. The number of hydrogen-bond donors (Lipinski definition) is 1. The number of rotatable bonds is 8. The Bertz CT molecular complexity index is 392. The molecule has 20 heavy (non-hydrogen) atoms. The quantitative estimate of drug-likeness (QED) is 0.760. The van der Waals surface area contributed by atoms with Gasteiger partial charge in [0.1, 0.15) is 0 Å². The second-order valence-electron chi connectivity index (χ2n) is 5.87. The van der Waals surface area contributed by atoms with Gasteiger partial charge in [-0.05, 0) is 32.0 Å². The third-order valence-electron chi connectivity index (χ3n) is 3.93. The Labute approximate surface area is 129 Å².